The zero-order valence-corrected chi connectivity index (χ0v) is 12.9. The van der Waals surface area contributed by atoms with Gasteiger partial charge in [-0.15, -0.1) is 0 Å². The summed E-state index contributed by atoms with van der Waals surface area (Å²) in [6.07, 6.45) is 4.44. The summed E-state index contributed by atoms with van der Waals surface area (Å²) in [6, 6.07) is 15.0. The topological polar surface area (TPSA) is 29.3 Å². The van der Waals surface area contributed by atoms with Gasteiger partial charge in [-0.2, -0.15) is 0 Å². The maximum Gasteiger partial charge on any atom is 0.0645 e. The second-order valence-corrected chi connectivity index (χ2v) is 5.97. The van der Waals surface area contributed by atoms with Crippen molar-refractivity contribution in [3.63, 3.8) is 0 Å². The molecule has 0 bridgehead atoms. The minimum atomic E-state index is 0.655. The summed E-state index contributed by atoms with van der Waals surface area (Å²) in [5, 5.41) is 0.817. The van der Waals surface area contributed by atoms with Crippen LogP contribution >= 0.6 is 11.6 Å². The first-order chi connectivity index (χ1) is 10.3. The summed E-state index contributed by atoms with van der Waals surface area (Å²) >= 11 is 6.54. The predicted molar refractivity (Wildman–Crippen MR) is 90.6 cm³/mol. The fourth-order valence-corrected chi connectivity index (χ4v) is 3.34. The summed E-state index contributed by atoms with van der Waals surface area (Å²) in [4.78, 5) is 2.36. The third-order valence-electron chi connectivity index (χ3n) is 4.10. The van der Waals surface area contributed by atoms with E-state index < -0.39 is 0 Å². The number of aryl methyl sites for hydroxylation is 1. The molecule has 0 saturated heterocycles. The van der Waals surface area contributed by atoms with Gasteiger partial charge in [0, 0.05) is 12.2 Å². The van der Waals surface area contributed by atoms with Crippen LogP contribution in [-0.2, 0) is 12.8 Å². The van der Waals surface area contributed by atoms with Gasteiger partial charge in [-0.25, -0.2) is 0 Å². The molecule has 110 valence electrons. The first-order valence-corrected chi connectivity index (χ1v) is 8.01. The van der Waals surface area contributed by atoms with E-state index in [0.717, 1.165) is 30.1 Å². The summed E-state index contributed by atoms with van der Waals surface area (Å²) < 4.78 is 0. The first kappa shape index (κ1) is 14.4. The van der Waals surface area contributed by atoms with E-state index in [1.807, 2.05) is 0 Å². The Morgan fingerprint density at radius 3 is 2.71 bits per heavy atom. The van der Waals surface area contributed by atoms with Crippen molar-refractivity contribution < 1.29 is 0 Å². The molecular weight excluding hydrogens is 280 g/mol. The molecule has 0 fully saturated rings. The lowest BCUT2D eigenvalue weighted by molar-refractivity contribution is 0.761. The number of hydrogen-bond acceptors (Lipinski definition) is 2. The number of fused-ring (bicyclic) bond motifs is 1. The van der Waals surface area contributed by atoms with Crippen LogP contribution in [-0.4, -0.2) is 13.1 Å². The van der Waals surface area contributed by atoms with Crippen LogP contribution in [0.3, 0.4) is 0 Å². The van der Waals surface area contributed by atoms with E-state index in [2.05, 4.69) is 47.4 Å². The van der Waals surface area contributed by atoms with Gasteiger partial charge in [0.25, 0.3) is 0 Å². The Morgan fingerprint density at radius 1 is 1.05 bits per heavy atom. The Hall–Kier alpha value is -1.51. The standard InChI is InChI=1S/C18H21ClN2/c19-16-13-14(10-11-20)8-9-18(16)21-12-4-3-6-15-5-1-2-7-17(15)21/h1-2,5,7-9,13H,3-4,6,10-12,20H2. The SMILES string of the molecule is NCCc1ccc(N2CCCCc3ccccc32)c(Cl)c1. The molecule has 2 N–H and O–H groups in total. The zero-order chi connectivity index (χ0) is 14.7. The maximum atomic E-state index is 6.54. The predicted octanol–water partition coefficient (Wildman–Crippen LogP) is 4.32. The monoisotopic (exact) mass is 300 g/mol. The molecule has 1 heterocycles. The third kappa shape index (κ3) is 3.07. The molecule has 2 aromatic rings. The van der Waals surface area contributed by atoms with E-state index in [0.29, 0.717) is 6.54 Å². The molecule has 0 atom stereocenters. The van der Waals surface area contributed by atoms with Gasteiger partial charge in [0.05, 0.1) is 10.7 Å². The quantitative estimate of drug-likeness (QED) is 0.915. The van der Waals surface area contributed by atoms with E-state index in [-0.39, 0.29) is 0 Å². The molecule has 0 saturated carbocycles. The van der Waals surface area contributed by atoms with Gasteiger partial charge < -0.3 is 10.6 Å². The summed E-state index contributed by atoms with van der Waals surface area (Å²) in [7, 11) is 0. The lowest BCUT2D eigenvalue weighted by Crippen LogP contribution is -2.18. The van der Waals surface area contributed by atoms with E-state index in [4.69, 9.17) is 17.3 Å². The van der Waals surface area contributed by atoms with Gasteiger partial charge in [0.1, 0.15) is 0 Å². The van der Waals surface area contributed by atoms with Crippen LogP contribution in [0, 0.1) is 0 Å². The normalized spacial score (nSPS) is 14.7. The summed E-state index contributed by atoms with van der Waals surface area (Å²) in [6.45, 7) is 1.68. The van der Waals surface area contributed by atoms with Crippen LogP contribution < -0.4 is 10.6 Å². The number of benzene rings is 2. The number of hydrogen-bond donors (Lipinski definition) is 1. The lowest BCUT2D eigenvalue weighted by Gasteiger charge is -2.26. The highest BCUT2D eigenvalue weighted by Crippen LogP contribution is 2.36. The molecule has 0 amide bonds. The molecule has 0 unspecified atom stereocenters. The van der Waals surface area contributed by atoms with Crippen molar-refractivity contribution in [1.29, 1.82) is 0 Å². The van der Waals surface area contributed by atoms with Crippen molar-refractivity contribution in [2.24, 2.45) is 5.73 Å². The second-order valence-electron chi connectivity index (χ2n) is 5.56. The molecule has 2 nitrogen and oxygen atoms in total. The smallest absolute Gasteiger partial charge is 0.0645 e. The lowest BCUT2D eigenvalue weighted by atomic mass is 10.1. The summed E-state index contributed by atoms with van der Waals surface area (Å²) in [5.41, 5.74) is 10.6. The molecule has 0 aromatic heterocycles. The van der Waals surface area contributed by atoms with Crippen molar-refractivity contribution in [3.05, 3.63) is 58.6 Å². The van der Waals surface area contributed by atoms with Gasteiger partial charge in [-0.1, -0.05) is 35.9 Å². The molecule has 0 radical (unpaired) electrons. The number of nitrogens with two attached hydrogens (primary N) is 1. The van der Waals surface area contributed by atoms with Crippen molar-refractivity contribution >= 4 is 23.0 Å². The maximum absolute atomic E-state index is 6.54. The van der Waals surface area contributed by atoms with Crippen LogP contribution in [0.2, 0.25) is 5.02 Å². The van der Waals surface area contributed by atoms with Crippen molar-refractivity contribution in [3.8, 4) is 0 Å². The number of nitrogens with zero attached hydrogens (tertiary/aromatic N) is 1. The molecule has 0 spiro atoms. The van der Waals surface area contributed by atoms with Gasteiger partial charge in [-0.3, -0.25) is 0 Å². The van der Waals surface area contributed by atoms with E-state index in [1.165, 1.54) is 29.7 Å². The Bertz CT molecular complexity index is 624. The largest absolute Gasteiger partial charge is 0.340 e. The molecule has 1 aliphatic heterocycles. The minimum Gasteiger partial charge on any atom is -0.340 e. The van der Waals surface area contributed by atoms with Crippen LogP contribution in [0.5, 0.6) is 0 Å². The van der Waals surface area contributed by atoms with Crippen molar-refractivity contribution in [2.75, 3.05) is 18.0 Å². The van der Waals surface area contributed by atoms with Gasteiger partial charge >= 0.3 is 0 Å². The first-order valence-electron chi connectivity index (χ1n) is 7.63. The molecule has 3 heteroatoms. The molecule has 3 rings (SSSR count). The number of rotatable bonds is 3. The molecule has 2 aromatic carbocycles. The fraction of sp³-hybridized carbons (Fsp3) is 0.333. The highest BCUT2D eigenvalue weighted by atomic mass is 35.5. The summed E-state index contributed by atoms with van der Waals surface area (Å²) in [5.74, 6) is 0. The third-order valence-corrected chi connectivity index (χ3v) is 4.40. The Morgan fingerprint density at radius 2 is 1.90 bits per heavy atom. The zero-order valence-electron chi connectivity index (χ0n) is 12.2. The molecule has 21 heavy (non-hydrogen) atoms. The Balaban J connectivity index is 2.00. The van der Waals surface area contributed by atoms with Crippen LogP contribution in [0.15, 0.2) is 42.5 Å². The van der Waals surface area contributed by atoms with Crippen molar-refractivity contribution in [2.45, 2.75) is 25.7 Å². The van der Waals surface area contributed by atoms with Gasteiger partial charge in [-0.05, 0) is 61.6 Å². The molecular formula is C18H21ClN2. The van der Waals surface area contributed by atoms with E-state index in [1.54, 1.807) is 0 Å². The van der Waals surface area contributed by atoms with E-state index >= 15 is 0 Å². The van der Waals surface area contributed by atoms with Crippen LogP contribution in [0.25, 0.3) is 0 Å². The Kier molecular flexibility index (Phi) is 4.47. The highest BCUT2D eigenvalue weighted by molar-refractivity contribution is 6.33. The second kappa shape index (κ2) is 6.50. The molecule has 0 aliphatic carbocycles. The minimum absolute atomic E-state index is 0.655. The number of halogens is 1. The van der Waals surface area contributed by atoms with Crippen LogP contribution in [0.4, 0.5) is 11.4 Å². The van der Waals surface area contributed by atoms with E-state index in [9.17, 15) is 0 Å². The number of para-hydroxylation sites is 1. The van der Waals surface area contributed by atoms with Crippen molar-refractivity contribution in [1.82, 2.24) is 0 Å². The average molecular weight is 301 g/mol. The fourth-order valence-electron chi connectivity index (χ4n) is 3.03. The van der Waals surface area contributed by atoms with Crippen LogP contribution in [0.1, 0.15) is 24.0 Å². The molecule has 1 aliphatic rings. The Labute approximate surface area is 131 Å². The van der Waals surface area contributed by atoms with Gasteiger partial charge in [0.15, 0.2) is 0 Å². The average Bonchev–Trinajstić information content (AvgIpc) is 2.70. The van der Waals surface area contributed by atoms with Gasteiger partial charge in [0.2, 0.25) is 0 Å². The highest BCUT2D eigenvalue weighted by Gasteiger charge is 2.18. The number of anilines is 2.